The maximum Gasteiger partial charge on any atom is 0.328 e. The van der Waals surface area contributed by atoms with Crippen LogP contribution in [0.15, 0.2) is 24.3 Å². The third kappa shape index (κ3) is 5.07. The largest absolute Gasteiger partial charge is 0.478 e. The fourth-order valence-corrected chi connectivity index (χ4v) is 0.592. The molecule has 4 N–H and O–H groups in total. The predicted octanol–water partition coefficient (Wildman–Crippen LogP) is -1.01. The van der Waals surface area contributed by atoms with E-state index in [-0.39, 0.29) is 0 Å². The van der Waals surface area contributed by atoms with Crippen molar-refractivity contribution in [2.24, 2.45) is 0 Å². The monoisotopic (exact) mass is 202 g/mol. The zero-order valence-electron chi connectivity index (χ0n) is 7.12. The van der Waals surface area contributed by atoms with Crippen LogP contribution in [0.3, 0.4) is 0 Å². The zero-order chi connectivity index (χ0) is 11.2. The molecule has 0 fully saturated rings. The lowest BCUT2D eigenvalue weighted by atomic mass is 10.0. The van der Waals surface area contributed by atoms with Crippen molar-refractivity contribution in [3.63, 3.8) is 0 Å². The molecule has 78 valence electrons. The fourth-order valence-electron chi connectivity index (χ4n) is 0.592. The lowest BCUT2D eigenvalue weighted by Crippen LogP contribution is -2.28. The highest BCUT2D eigenvalue weighted by molar-refractivity contribution is 5.81. The molecule has 0 saturated heterocycles. The second-order valence-corrected chi connectivity index (χ2v) is 2.49. The number of aliphatic hydroxyl groups excluding tert-OH is 1. The van der Waals surface area contributed by atoms with Gasteiger partial charge in [0.2, 0.25) is 0 Å². The maximum atomic E-state index is 10.1. The third-order valence-electron chi connectivity index (χ3n) is 1.28. The minimum Gasteiger partial charge on any atom is -0.478 e. The van der Waals surface area contributed by atoms with E-state index in [4.69, 9.17) is 15.3 Å². The smallest absolute Gasteiger partial charge is 0.328 e. The Bertz CT molecular complexity index is 254. The highest BCUT2D eigenvalue weighted by atomic mass is 16.4. The van der Waals surface area contributed by atoms with Gasteiger partial charge < -0.3 is 20.4 Å². The van der Waals surface area contributed by atoms with Crippen molar-refractivity contribution >= 4 is 11.9 Å². The highest BCUT2D eigenvalue weighted by Crippen LogP contribution is 2.07. The normalized spacial score (nSPS) is 15.9. The molecule has 0 heterocycles. The summed E-state index contributed by atoms with van der Waals surface area (Å²) < 4.78 is 0. The van der Waals surface area contributed by atoms with Crippen LogP contribution < -0.4 is 0 Å². The number of carboxylic acid groups (broad SMARTS) is 2. The molecule has 0 aromatic rings. The van der Waals surface area contributed by atoms with Crippen molar-refractivity contribution in [2.75, 3.05) is 6.61 Å². The Balaban J connectivity index is 4.63. The van der Waals surface area contributed by atoms with Gasteiger partial charge in [-0.3, -0.25) is 0 Å². The van der Waals surface area contributed by atoms with Crippen molar-refractivity contribution in [2.45, 2.75) is 5.60 Å². The van der Waals surface area contributed by atoms with Gasteiger partial charge in [-0.2, -0.15) is 0 Å². The average molecular weight is 202 g/mol. The molecule has 0 atom stereocenters. The minimum absolute atomic E-state index is 0.614. The Hall–Kier alpha value is -1.66. The predicted molar refractivity (Wildman–Crippen MR) is 45.6 cm³/mol. The molecule has 14 heavy (non-hydrogen) atoms. The molecule has 6 nitrogen and oxygen atoms in total. The first-order chi connectivity index (χ1) is 6.39. The molecule has 0 unspecified atom stereocenters. The van der Waals surface area contributed by atoms with E-state index in [1.165, 1.54) is 0 Å². The molecule has 6 heteroatoms. The van der Waals surface area contributed by atoms with Crippen LogP contribution in [0.25, 0.3) is 0 Å². The summed E-state index contributed by atoms with van der Waals surface area (Å²) in [5, 5.41) is 34.5. The zero-order valence-corrected chi connectivity index (χ0v) is 7.12. The molecular formula is C8H10O6. The topological polar surface area (TPSA) is 115 Å². The van der Waals surface area contributed by atoms with Gasteiger partial charge in [-0.25, -0.2) is 9.59 Å². The van der Waals surface area contributed by atoms with E-state index in [9.17, 15) is 14.7 Å². The molecule has 0 aromatic carbocycles. The van der Waals surface area contributed by atoms with Crippen LogP contribution in [-0.4, -0.2) is 44.6 Å². The molecule has 0 aliphatic heterocycles. The molecule has 0 rings (SSSR count). The molecule has 0 amide bonds. The summed E-state index contributed by atoms with van der Waals surface area (Å²) in [5.74, 6) is -2.61. The van der Waals surface area contributed by atoms with Gasteiger partial charge in [-0.05, 0) is 12.2 Å². The van der Waals surface area contributed by atoms with E-state index >= 15 is 0 Å². The molecule has 0 aliphatic carbocycles. The van der Waals surface area contributed by atoms with Gasteiger partial charge in [0, 0.05) is 12.2 Å². The second-order valence-electron chi connectivity index (χ2n) is 2.49. The van der Waals surface area contributed by atoms with Crippen LogP contribution in [0.1, 0.15) is 0 Å². The Kier molecular flexibility index (Phi) is 4.54. The molecule has 0 bridgehead atoms. The number of hydrogen-bond donors (Lipinski definition) is 4. The number of hydrogen-bond acceptors (Lipinski definition) is 4. The SMILES string of the molecule is O=C(O)C=CC(O)(C=CC(=O)O)CO. The van der Waals surface area contributed by atoms with Gasteiger partial charge in [-0.15, -0.1) is 0 Å². The molecule has 0 aliphatic rings. The second kappa shape index (κ2) is 5.15. The number of aliphatic carboxylic acids is 2. The first-order valence-corrected chi connectivity index (χ1v) is 3.57. The number of carboxylic acids is 2. The van der Waals surface area contributed by atoms with Gasteiger partial charge in [-0.1, -0.05) is 0 Å². The first kappa shape index (κ1) is 12.3. The number of aliphatic hydroxyl groups is 2. The van der Waals surface area contributed by atoms with Crippen LogP contribution >= 0.6 is 0 Å². The fraction of sp³-hybridized carbons (Fsp3) is 0.250. The quantitative estimate of drug-likeness (QED) is 0.425. The highest BCUT2D eigenvalue weighted by Gasteiger charge is 2.18. The van der Waals surface area contributed by atoms with E-state index in [0.29, 0.717) is 12.2 Å². The van der Waals surface area contributed by atoms with Crippen molar-refractivity contribution in [3.8, 4) is 0 Å². The van der Waals surface area contributed by atoms with Crippen LogP contribution in [-0.2, 0) is 9.59 Å². The van der Waals surface area contributed by atoms with Crippen molar-refractivity contribution in [1.82, 2.24) is 0 Å². The summed E-state index contributed by atoms with van der Waals surface area (Å²) in [7, 11) is 0. The first-order valence-electron chi connectivity index (χ1n) is 3.57. The lowest BCUT2D eigenvalue weighted by molar-refractivity contribution is -0.132. The molecule has 0 radical (unpaired) electrons. The third-order valence-corrected chi connectivity index (χ3v) is 1.28. The van der Waals surface area contributed by atoms with Crippen molar-refractivity contribution in [3.05, 3.63) is 24.3 Å². The minimum atomic E-state index is -1.96. The van der Waals surface area contributed by atoms with Gasteiger partial charge >= 0.3 is 11.9 Å². The Morgan fingerprint density at radius 2 is 1.43 bits per heavy atom. The molecule has 0 aromatic heterocycles. The van der Waals surface area contributed by atoms with Gasteiger partial charge in [0.15, 0.2) is 0 Å². The summed E-state index contributed by atoms with van der Waals surface area (Å²) in [6.45, 7) is -0.805. The van der Waals surface area contributed by atoms with Crippen LogP contribution in [0, 0.1) is 0 Å². The van der Waals surface area contributed by atoms with Crippen molar-refractivity contribution in [1.29, 1.82) is 0 Å². The Morgan fingerprint density at radius 3 is 1.64 bits per heavy atom. The summed E-state index contributed by atoms with van der Waals surface area (Å²) >= 11 is 0. The summed E-state index contributed by atoms with van der Waals surface area (Å²) in [6.07, 6.45) is 2.80. The van der Waals surface area contributed by atoms with Crippen LogP contribution in [0.2, 0.25) is 0 Å². The number of carbonyl (C=O) groups is 2. The van der Waals surface area contributed by atoms with Gasteiger partial charge in [0.1, 0.15) is 5.60 Å². The standard InChI is InChI=1S/C8H10O6/c9-5-8(14,3-1-6(10)11)4-2-7(12)13/h1-4,9,14H,5H2,(H,10,11)(H,12,13). The molecule has 0 spiro atoms. The summed E-state index contributed by atoms with van der Waals surface area (Å²) in [5.41, 5.74) is -1.96. The van der Waals surface area contributed by atoms with Crippen molar-refractivity contribution < 1.29 is 30.0 Å². The maximum absolute atomic E-state index is 10.1. The van der Waals surface area contributed by atoms with E-state index in [2.05, 4.69) is 0 Å². The number of rotatable bonds is 5. The van der Waals surface area contributed by atoms with Gasteiger partial charge in [0.05, 0.1) is 6.61 Å². The van der Waals surface area contributed by atoms with E-state index < -0.39 is 24.1 Å². The lowest BCUT2D eigenvalue weighted by Gasteiger charge is -2.15. The Morgan fingerprint density at radius 1 is 1.07 bits per heavy atom. The van der Waals surface area contributed by atoms with Crippen LogP contribution in [0.4, 0.5) is 0 Å². The van der Waals surface area contributed by atoms with E-state index in [0.717, 1.165) is 12.2 Å². The van der Waals surface area contributed by atoms with Gasteiger partial charge in [0.25, 0.3) is 0 Å². The average Bonchev–Trinajstić information content (AvgIpc) is 2.11. The Labute approximate surface area is 79.4 Å². The van der Waals surface area contributed by atoms with E-state index in [1.54, 1.807) is 0 Å². The summed E-state index contributed by atoms with van der Waals surface area (Å²) in [6, 6.07) is 0. The summed E-state index contributed by atoms with van der Waals surface area (Å²) in [4.78, 5) is 20.2. The van der Waals surface area contributed by atoms with E-state index in [1.807, 2.05) is 0 Å². The van der Waals surface area contributed by atoms with Crippen LogP contribution in [0.5, 0.6) is 0 Å². The molecular weight excluding hydrogens is 192 g/mol. The molecule has 0 saturated carbocycles.